The van der Waals surface area contributed by atoms with E-state index in [1.54, 1.807) is 17.7 Å². The Kier molecular flexibility index (Phi) is 3.68. The third kappa shape index (κ3) is 2.77. The minimum absolute atomic E-state index is 0.483. The lowest BCUT2D eigenvalue weighted by Crippen LogP contribution is -2.43. The predicted octanol–water partition coefficient (Wildman–Crippen LogP) is 0.713. The quantitative estimate of drug-likeness (QED) is 0.695. The van der Waals surface area contributed by atoms with Crippen LogP contribution in [0.3, 0.4) is 0 Å². The first-order valence-corrected chi connectivity index (χ1v) is 7.18. The Labute approximate surface area is 110 Å². The molecule has 96 valence electrons. The van der Waals surface area contributed by atoms with Crippen LogP contribution in [0.2, 0.25) is 0 Å². The molecule has 1 atom stereocenters. The second-order valence-electron chi connectivity index (χ2n) is 4.54. The molecule has 2 aromatic heterocycles. The summed E-state index contributed by atoms with van der Waals surface area (Å²) in [5.74, 6) is 0. The molecule has 18 heavy (non-hydrogen) atoms. The van der Waals surface area contributed by atoms with Gasteiger partial charge in [0.15, 0.2) is 0 Å². The summed E-state index contributed by atoms with van der Waals surface area (Å²) in [4.78, 5) is 11.8. The fraction of sp³-hybridized carbons (Fsp3) is 0.500. The summed E-state index contributed by atoms with van der Waals surface area (Å²) in [5, 5.41) is 9.10. The first-order valence-electron chi connectivity index (χ1n) is 6.24. The van der Waals surface area contributed by atoms with E-state index in [1.807, 2.05) is 5.51 Å². The molecule has 5 nitrogen and oxygen atoms in total. The standard InChI is InChI=1S/C12H17N5S/c1(9-6-18-8-17-9)2-13-4-10-3-11-12(5-14-10)16-7-15-11/h6-8,10,13-14H,1-5H2,(H,15,16). The molecule has 3 heterocycles. The van der Waals surface area contributed by atoms with Crippen molar-refractivity contribution in [3.63, 3.8) is 0 Å². The lowest BCUT2D eigenvalue weighted by atomic mass is 10.1. The average Bonchev–Trinajstić information content (AvgIpc) is 3.05. The number of rotatable bonds is 5. The van der Waals surface area contributed by atoms with Crippen molar-refractivity contribution < 1.29 is 0 Å². The highest BCUT2D eigenvalue weighted by molar-refractivity contribution is 7.07. The van der Waals surface area contributed by atoms with E-state index in [-0.39, 0.29) is 0 Å². The fourth-order valence-corrected chi connectivity index (χ4v) is 2.82. The van der Waals surface area contributed by atoms with Crippen molar-refractivity contribution in [1.82, 2.24) is 25.6 Å². The SMILES string of the molecule is c1nc2c([nH]1)CNC(CNCCc1cscn1)C2. The van der Waals surface area contributed by atoms with Gasteiger partial charge in [-0.25, -0.2) is 9.97 Å². The maximum absolute atomic E-state index is 4.34. The van der Waals surface area contributed by atoms with Crippen LogP contribution in [-0.4, -0.2) is 34.1 Å². The van der Waals surface area contributed by atoms with Gasteiger partial charge in [-0.3, -0.25) is 0 Å². The van der Waals surface area contributed by atoms with Crippen molar-refractivity contribution in [2.75, 3.05) is 13.1 Å². The van der Waals surface area contributed by atoms with Gasteiger partial charge in [0.1, 0.15) is 0 Å². The zero-order valence-corrected chi connectivity index (χ0v) is 11.0. The van der Waals surface area contributed by atoms with Gasteiger partial charge in [-0.05, 0) is 0 Å². The van der Waals surface area contributed by atoms with Crippen molar-refractivity contribution in [2.24, 2.45) is 0 Å². The van der Waals surface area contributed by atoms with Gasteiger partial charge in [0, 0.05) is 43.9 Å². The molecule has 0 aliphatic carbocycles. The molecule has 1 aliphatic heterocycles. The molecule has 0 fully saturated rings. The van der Waals surface area contributed by atoms with Gasteiger partial charge >= 0.3 is 0 Å². The van der Waals surface area contributed by atoms with E-state index in [0.717, 1.165) is 32.5 Å². The van der Waals surface area contributed by atoms with Crippen molar-refractivity contribution in [3.05, 3.63) is 34.3 Å². The maximum Gasteiger partial charge on any atom is 0.0925 e. The third-order valence-corrected chi connectivity index (χ3v) is 3.88. The van der Waals surface area contributed by atoms with Gasteiger partial charge in [-0.2, -0.15) is 0 Å². The monoisotopic (exact) mass is 263 g/mol. The first kappa shape index (κ1) is 11.8. The summed E-state index contributed by atoms with van der Waals surface area (Å²) in [6.07, 6.45) is 3.79. The number of aromatic amines is 1. The van der Waals surface area contributed by atoms with E-state index in [2.05, 4.69) is 31.0 Å². The van der Waals surface area contributed by atoms with Gasteiger partial charge in [0.05, 0.1) is 28.9 Å². The van der Waals surface area contributed by atoms with Gasteiger partial charge in [0.2, 0.25) is 0 Å². The fourth-order valence-electron chi connectivity index (χ4n) is 2.23. The van der Waals surface area contributed by atoms with E-state index in [0.29, 0.717) is 6.04 Å². The molecule has 6 heteroatoms. The second-order valence-corrected chi connectivity index (χ2v) is 5.26. The highest BCUT2D eigenvalue weighted by Crippen LogP contribution is 2.11. The Balaban J connectivity index is 1.40. The number of aromatic nitrogens is 3. The van der Waals surface area contributed by atoms with Crippen molar-refractivity contribution in [3.8, 4) is 0 Å². The summed E-state index contributed by atoms with van der Waals surface area (Å²) in [6, 6.07) is 0.483. The smallest absolute Gasteiger partial charge is 0.0925 e. The molecule has 3 rings (SSSR count). The number of nitrogens with one attached hydrogen (secondary N) is 3. The molecule has 3 N–H and O–H groups in total. The lowest BCUT2D eigenvalue weighted by molar-refractivity contribution is 0.442. The molecule has 0 aromatic carbocycles. The topological polar surface area (TPSA) is 65.6 Å². The summed E-state index contributed by atoms with van der Waals surface area (Å²) in [5.41, 5.74) is 5.50. The van der Waals surface area contributed by atoms with Crippen LogP contribution >= 0.6 is 11.3 Å². The van der Waals surface area contributed by atoms with Crippen LogP contribution in [-0.2, 0) is 19.4 Å². The Morgan fingerprint density at radius 1 is 1.44 bits per heavy atom. The largest absolute Gasteiger partial charge is 0.347 e. The minimum atomic E-state index is 0.483. The molecule has 0 spiro atoms. The molecular weight excluding hydrogens is 246 g/mol. The van der Waals surface area contributed by atoms with Crippen LogP contribution in [0.15, 0.2) is 17.2 Å². The molecule has 0 amide bonds. The number of thiazole rings is 1. The Morgan fingerprint density at radius 2 is 2.44 bits per heavy atom. The number of hydrogen-bond acceptors (Lipinski definition) is 5. The summed E-state index contributed by atoms with van der Waals surface area (Å²) >= 11 is 1.66. The summed E-state index contributed by atoms with van der Waals surface area (Å²) in [6.45, 7) is 2.86. The maximum atomic E-state index is 4.34. The van der Waals surface area contributed by atoms with Gasteiger partial charge < -0.3 is 15.6 Å². The summed E-state index contributed by atoms with van der Waals surface area (Å²) in [7, 11) is 0. The van der Waals surface area contributed by atoms with E-state index in [4.69, 9.17) is 0 Å². The van der Waals surface area contributed by atoms with Gasteiger partial charge in [-0.15, -0.1) is 11.3 Å². The van der Waals surface area contributed by atoms with Gasteiger partial charge in [0.25, 0.3) is 0 Å². The zero-order chi connectivity index (χ0) is 12.2. The van der Waals surface area contributed by atoms with E-state index in [9.17, 15) is 0 Å². The highest BCUT2D eigenvalue weighted by Gasteiger charge is 2.19. The van der Waals surface area contributed by atoms with Crippen LogP contribution < -0.4 is 10.6 Å². The Morgan fingerprint density at radius 3 is 3.33 bits per heavy atom. The van der Waals surface area contributed by atoms with Gasteiger partial charge in [-0.1, -0.05) is 0 Å². The summed E-state index contributed by atoms with van der Waals surface area (Å²) < 4.78 is 0. The van der Waals surface area contributed by atoms with Crippen LogP contribution in [0.25, 0.3) is 0 Å². The third-order valence-electron chi connectivity index (χ3n) is 3.25. The number of imidazole rings is 1. The van der Waals surface area contributed by atoms with Crippen molar-refractivity contribution in [2.45, 2.75) is 25.4 Å². The molecule has 1 aliphatic rings. The van der Waals surface area contributed by atoms with E-state index < -0.39 is 0 Å². The van der Waals surface area contributed by atoms with E-state index >= 15 is 0 Å². The molecule has 0 saturated heterocycles. The normalized spacial score (nSPS) is 18.8. The predicted molar refractivity (Wildman–Crippen MR) is 71.6 cm³/mol. The minimum Gasteiger partial charge on any atom is -0.347 e. The number of H-pyrrole nitrogens is 1. The average molecular weight is 263 g/mol. The highest BCUT2D eigenvalue weighted by atomic mass is 32.1. The van der Waals surface area contributed by atoms with Crippen LogP contribution in [0.5, 0.6) is 0 Å². The zero-order valence-electron chi connectivity index (χ0n) is 10.1. The molecular formula is C12H17N5S. The van der Waals surface area contributed by atoms with Crippen molar-refractivity contribution in [1.29, 1.82) is 0 Å². The molecule has 1 unspecified atom stereocenters. The van der Waals surface area contributed by atoms with Crippen molar-refractivity contribution >= 4 is 11.3 Å². The second kappa shape index (κ2) is 5.60. The number of fused-ring (bicyclic) bond motifs is 1. The molecule has 0 bridgehead atoms. The number of hydrogen-bond donors (Lipinski definition) is 3. The Bertz CT molecular complexity index is 478. The van der Waals surface area contributed by atoms with Crippen LogP contribution in [0, 0.1) is 0 Å². The first-order chi connectivity index (χ1) is 8.92. The lowest BCUT2D eigenvalue weighted by Gasteiger charge is -2.23. The Hall–Kier alpha value is -1.24. The number of nitrogens with zero attached hydrogens (tertiary/aromatic N) is 2. The van der Waals surface area contributed by atoms with Crippen LogP contribution in [0.1, 0.15) is 17.1 Å². The molecule has 0 saturated carbocycles. The van der Waals surface area contributed by atoms with Crippen LogP contribution in [0.4, 0.5) is 0 Å². The molecule has 2 aromatic rings. The van der Waals surface area contributed by atoms with E-state index in [1.165, 1.54) is 17.1 Å². The molecule has 0 radical (unpaired) electrons.